The lowest BCUT2D eigenvalue weighted by Gasteiger charge is -2.08. The minimum absolute atomic E-state index is 0.142. The summed E-state index contributed by atoms with van der Waals surface area (Å²) < 4.78 is 1.77. The van der Waals surface area contributed by atoms with Crippen LogP contribution in [0.3, 0.4) is 0 Å². The van der Waals surface area contributed by atoms with Gasteiger partial charge in [0.25, 0.3) is 0 Å². The van der Waals surface area contributed by atoms with Crippen LogP contribution in [-0.2, 0) is 7.05 Å². The molecule has 7 heteroatoms. The Bertz CT molecular complexity index is 462. The van der Waals surface area contributed by atoms with Crippen molar-refractivity contribution in [3.05, 3.63) is 23.8 Å². The van der Waals surface area contributed by atoms with Crippen molar-refractivity contribution in [2.45, 2.75) is 17.3 Å². The Morgan fingerprint density at radius 3 is 2.94 bits per heavy atom. The van der Waals surface area contributed by atoms with Gasteiger partial charge in [0.1, 0.15) is 5.82 Å². The van der Waals surface area contributed by atoms with Gasteiger partial charge < -0.3 is 5.73 Å². The maximum absolute atomic E-state index is 5.75. The molecule has 0 aliphatic heterocycles. The zero-order chi connectivity index (χ0) is 11.5. The predicted octanol–water partition coefficient (Wildman–Crippen LogP) is 0.639. The Morgan fingerprint density at radius 2 is 2.44 bits per heavy atom. The first-order valence-electron chi connectivity index (χ1n) is 4.93. The molecule has 0 saturated heterocycles. The van der Waals surface area contributed by atoms with E-state index in [1.165, 1.54) is 0 Å². The number of rotatable bonds is 4. The van der Waals surface area contributed by atoms with Gasteiger partial charge in [0.2, 0.25) is 5.16 Å². The van der Waals surface area contributed by atoms with E-state index in [1.807, 2.05) is 26.4 Å². The maximum atomic E-state index is 5.75. The van der Waals surface area contributed by atoms with Gasteiger partial charge in [-0.05, 0) is 6.92 Å². The molecule has 6 nitrogen and oxygen atoms in total. The third kappa shape index (κ3) is 2.42. The molecule has 0 fully saturated rings. The van der Waals surface area contributed by atoms with Crippen molar-refractivity contribution < 1.29 is 0 Å². The molecule has 0 amide bonds. The lowest BCUT2D eigenvalue weighted by atomic mass is 10.2. The Morgan fingerprint density at radius 1 is 1.62 bits per heavy atom. The van der Waals surface area contributed by atoms with Crippen molar-refractivity contribution in [1.82, 2.24) is 25.0 Å². The third-order valence-corrected chi connectivity index (χ3v) is 3.28. The summed E-state index contributed by atoms with van der Waals surface area (Å²) in [5.41, 5.74) is 6.84. The number of nitrogens with zero attached hydrogens (tertiary/aromatic N) is 4. The second kappa shape index (κ2) is 4.67. The largest absolute Gasteiger partial charge is 0.329 e. The van der Waals surface area contributed by atoms with E-state index in [0.717, 1.165) is 16.5 Å². The van der Waals surface area contributed by atoms with E-state index in [-0.39, 0.29) is 5.25 Å². The van der Waals surface area contributed by atoms with Gasteiger partial charge in [-0.1, -0.05) is 11.8 Å². The summed E-state index contributed by atoms with van der Waals surface area (Å²) in [4.78, 5) is 4.24. The number of aryl methyl sites for hydroxylation is 2. The molecule has 86 valence electrons. The fourth-order valence-corrected chi connectivity index (χ4v) is 2.26. The highest BCUT2D eigenvalue weighted by Gasteiger charge is 2.15. The van der Waals surface area contributed by atoms with Gasteiger partial charge in [0, 0.05) is 25.4 Å². The van der Waals surface area contributed by atoms with Crippen molar-refractivity contribution in [2.24, 2.45) is 12.8 Å². The van der Waals surface area contributed by atoms with Gasteiger partial charge in [-0.3, -0.25) is 9.78 Å². The fraction of sp³-hybridized carbons (Fsp3) is 0.444. The van der Waals surface area contributed by atoms with E-state index in [0.29, 0.717) is 6.54 Å². The molecule has 0 saturated carbocycles. The number of nitrogens with two attached hydrogens (primary N) is 1. The molecule has 1 atom stereocenters. The average molecular weight is 238 g/mol. The van der Waals surface area contributed by atoms with E-state index < -0.39 is 0 Å². The number of hydrogen-bond acceptors (Lipinski definition) is 5. The first-order chi connectivity index (χ1) is 7.69. The zero-order valence-corrected chi connectivity index (χ0v) is 10.0. The maximum Gasteiger partial charge on any atom is 0.209 e. The summed E-state index contributed by atoms with van der Waals surface area (Å²) in [6.45, 7) is 2.41. The highest BCUT2D eigenvalue weighted by Crippen LogP contribution is 2.31. The number of hydrogen-bond donors (Lipinski definition) is 2. The monoisotopic (exact) mass is 238 g/mol. The molecule has 2 aromatic rings. The van der Waals surface area contributed by atoms with Gasteiger partial charge in [-0.15, -0.1) is 5.10 Å². The van der Waals surface area contributed by atoms with Gasteiger partial charge in [0.15, 0.2) is 0 Å². The van der Waals surface area contributed by atoms with E-state index >= 15 is 0 Å². The molecule has 0 aliphatic carbocycles. The van der Waals surface area contributed by atoms with Crippen LogP contribution in [0.4, 0.5) is 0 Å². The zero-order valence-electron chi connectivity index (χ0n) is 9.21. The van der Waals surface area contributed by atoms with E-state index in [9.17, 15) is 0 Å². The fourth-order valence-electron chi connectivity index (χ4n) is 1.36. The smallest absolute Gasteiger partial charge is 0.209 e. The normalized spacial score (nSPS) is 12.9. The van der Waals surface area contributed by atoms with Crippen LogP contribution in [0.2, 0.25) is 0 Å². The lowest BCUT2D eigenvalue weighted by molar-refractivity contribution is 0.766. The van der Waals surface area contributed by atoms with E-state index in [4.69, 9.17) is 5.73 Å². The minimum atomic E-state index is 0.142. The van der Waals surface area contributed by atoms with Crippen LogP contribution in [0, 0.1) is 6.92 Å². The van der Waals surface area contributed by atoms with E-state index in [2.05, 4.69) is 20.3 Å². The molecule has 0 radical (unpaired) electrons. The third-order valence-electron chi connectivity index (χ3n) is 2.14. The number of thioether (sulfide) groups is 1. The molecule has 0 spiro atoms. The minimum Gasteiger partial charge on any atom is -0.329 e. The lowest BCUT2D eigenvalue weighted by Crippen LogP contribution is -2.09. The quantitative estimate of drug-likeness (QED) is 0.763. The van der Waals surface area contributed by atoms with Crippen molar-refractivity contribution >= 4 is 11.8 Å². The number of H-pyrrole nitrogens is 1. The summed E-state index contributed by atoms with van der Waals surface area (Å²) >= 11 is 1.54. The van der Waals surface area contributed by atoms with Crippen LogP contribution in [0.15, 0.2) is 17.6 Å². The molecule has 2 heterocycles. The van der Waals surface area contributed by atoms with Crippen molar-refractivity contribution in [3.8, 4) is 0 Å². The predicted molar refractivity (Wildman–Crippen MR) is 62.0 cm³/mol. The summed E-state index contributed by atoms with van der Waals surface area (Å²) in [6.07, 6.45) is 3.79. The molecular formula is C9H14N6S. The van der Waals surface area contributed by atoms with Crippen LogP contribution in [0.25, 0.3) is 0 Å². The Hall–Kier alpha value is -1.34. The molecule has 2 aromatic heterocycles. The number of aromatic nitrogens is 5. The second-order valence-electron chi connectivity index (χ2n) is 3.49. The number of nitrogens with one attached hydrogen (secondary N) is 1. The van der Waals surface area contributed by atoms with Gasteiger partial charge >= 0.3 is 0 Å². The van der Waals surface area contributed by atoms with Crippen LogP contribution >= 0.6 is 11.8 Å². The first-order valence-corrected chi connectivity index (χ1v) is 5.81. The SMILES string of the molecule is Cc1nc(SC(CN)c2cnn(C)c2)n[nH]1. The summed E-state index contributed by atoms with van der Waals surface area (Å²) in [5.74, 6) is 0.810. The molecule has 2 rings (SSSR count). The summed E-state index contributed by atoms with van der Waals surface area (Å²) in [7, 11) is 1.89. The van der Waals surface area contributed by atoms with Crippen LogP contribution in [-0.4, -0.2) is 31.5 Å². The van der Waals surface area contributed by atoms with Crippen molar-refractivity contribution in [2.75, 3.05) is 6.54 Å². The second-order valence-corrected chi connectivity index (χ2v) is 4.66. The van der Waals surface area contributed by atoms with Crippen molar-refractivity contribution in [1.29, 1.82) is 0 Å². The first kappa shape index (κ1) is 11.2. The average Bonchev–Trinajstić information content (AvgIpc) is 2.84. The Balaban J connectivity index is 2.12. The van der Waals surface area contributed by atoms with Crippen LogP contribution in [0.1, 0.15) is 16.6 Å². The molecule has 0 bridgehead atoms. The molecule has 0 aliphatic rings. The molecule has 3 N–H and O–H groups in total. The topological polar surface area (TPSA) is 85.4 Å². The van der Waals surface area contributed by atoms with E-state index in [1.54, 1.807) is 16.4 Å². The van der Waals surface area contributed by atoms with Gasteiger partial charge in [-0.25, -0.2) is 4.98 Å². The van der Waals surface area contributed by atoms with Crippen molar-refractivity contribution in [3.63, 3.8) is 0 Å². The van der Waals surface area contributed by atoms with Crippen LogP contribution in [0.5, 0.6) is 0 Å². The summed E-state index contributed by atoms with van der Waals surface area (Å²) in [5, 5.41) is 11.9. The Kier molecular flexibility index (Phi) is 3.25. The van der Waals surface area contributed by atoms with Gasteiger partial charge in [0.05, 0.1) is 11.4 Å². The molecule has 1 unspecified atom stereocenters. The Labute approximate surface area is 97.6 Å². The van der Waals surface area contributed by atoms with Gasteiger partial charge in [-0.2, -0.15) is 5.10 Å². The molecular weight excluding hydrogens is 224 g/mol. The summed E-state index contributed by atoms with van der Waals surface area (Å²) in [6, 6.07) is 0. The number of aromatic amines is 1. The molecule has 0 aromatic carbocycles. The highest BCUT2D eigenvalue weighted by molar-refractivity contribution is 7.99. The standard InChI is InChI=1S/C9H14N6S/c1-6-12-9(14-13-6)16-8(3-10)7-4-11-15(2)5-7/h4-5,8H,3,10H2,1-2H3,(H,12,13,14). The van der Waals surface area contributed by atoms with Crippen LogP contribution < -0.4 is 5.73 Å². The highest BCUT2D eigenvalue weighted by atomic mass is 32.2. The molecule has 16 heavy (non-hydrogen) atoms.